The Bertz CT molecular complexity index is 3990. The summed E-state index contributed by atoms with van der Waals surface area (Å²) in [5.74, 6) is -2.09. The summed E-state index contributed by atoms with van der Waals surface area (Å²) in [6.07, 6.45) is 2.66. The number of aromatic nitrogens is 8. The van der Waals surface area contributed by atoms with Crippen molar-refractivity contribution in [3.8, 4) is 0 Å². The zero-order chi connectivity index (χ0) is 69.1. The molecule has 4 aromatic carbocycles. The Balaban J connectivity index is 0.000000173. The second kappa shape index (κ2) is 37.4. The lowest BCUT2D eigenvalue weighted by Gasteiger charge is -2.36. The minimum absolute atomic E-state index is 0.0221. The Hall–Kier alpha value is -9.65. The number of nitrogens with two attached hydrogens (primary N) is 3. The number of alkyl halides is 1. The molecule has 4 aliphatic heterocycles. The normalized spacial score (nSPS) is 15.1. The molecule has 516 valence electrons. The van der Waals surface area contributed by atoms with E-state index in [0.29, 0.717) is 13.1 Å². The molecule has 3 amide bonds. The molecular weight excluding hydrogens is 1250 g/mol. The van der Waals surface area contributed by atoms with Gasteiger partial charge in [0.25, 0.3) is 11.1 Å². The van der Waals surface area contributed by atoms with Crippen LogP contribution in [0.2, 0.25) is 0 Å². The number of nitrogens with zero attached hydrogens (tertiary/aromatic N) is 15. The molecule has 96 heavy (non-hydrogen) atoms. The lowest BCUT2D eigenvalue weighted by molar-refractivity contribution is -0.137. The lowest BCUT2D eigenvalue weighted by Crippen LogP contribution is -2.48. The Morgan fingerprint density at radius 1 is 0.479 bits per heavy atom. The SMILES string of the molecule is Cn1c(=O)c2c(ncn2CC(=O)NCCN2CCN(c3ccccc3)CC2)n(C)c1=O.Cn1c(=O)c2c(ncn2CC(=O)O)n(C)c1=O.NC(=O)CCl.NC(=O)CN1CCN(c2ccccc2)CC1.NCCN1CCN(c2ccccc2)CC1.c1ccc(N2CCNCC2)cc1. The summed E-state index contributed by atoms with van der Waals surface area (Å²) in [7, 11) is 5.78. The molecule has 0 aliphatic carbocycles. The monoisotopic (exact) mass is 1340 g/mol. The third kappa shape index (κ3) is 21.4. The van der Waals surface area contributed by atoms with Crippen molar-refractivity contribution in [2.24, 2.45) is 45.4 Å². The van der Waals surface area contributed by atoms with Crippen LogP contribution in [0.5, 0.6) is 0 Å². The minimum atomic E-state index is -1.08. The van der Waals surface area contributed by atoms with Crippen LogP contribution in [0.4, 0.5) is 22.7 Å². The van der Waals surface area contributed by atoms with Gasteiger partial charge in [-0.3, -0.25) is 61.7 Å². The fourth-order valence-corrected chi connectivity index (χ4v) is 11.2. The van der Waals surface area contributed by atoms with Crippen LogP contribution in [0, 0.1) is 0 Å². The number of primary amides is 2. The van der Waals surface area contributed by atoms with Crippen molar-refractivity contribution >= 4 is 80.4 Å². The van der Waals surface area contributed by atoms with Gasteiger partial charge < -0.3 is 61.7 Å². The van der Waals surface area contributed by atoms with Crippen molar-refractivity contribution in [2.75, 3.05) is 163 Å². The van der Waals surface area contributed by atoms with Gasteiger partial charge in [-0.05, 0) is 48.5 Å². The van der Waals surface area contributed by atoms with E-state index in [-0.39, 0.29) is 53.1 Å². The van der Waals surface area contributed by atoms with Gasteiger partial charge in [-0.15, -0.1) is 11.6 Å². The minimum Gasteiger partial charge on any atom is -0.480 e. The number of carboxylic acids is 1. The van der Waals surface area contributed by atoms with Gasteiger partial charge in [-0.2, -0.15) is 0 Å². The highest BCUT2D eigenvalue weighted by atomic mass is 35.5. The standard InChI is InChI=1S/C21H27N7O3.C12H17N3O.C12H19N3.C10H14N2.C9H10N4O4.C2H4ClNO/c1-24-19-18(20(30)25(2)21(24)31)28(15-23-19)14-17(29)22-8-9-26-10-12-27(13-11-26)16-6-4-3-5-7-16;13-12(16)10-14-6-8-15(9-7-14)11-4-2-1-3-5-11;13-6-7-14-8-10-15(11-9-14)12-4-2-1-3-5-12;1-2-4-10(5-3-1)12-8-6-11-7-9-12;1-11-7-6(8(16)12(2)9(11)17)13(4-10-7)3-5(14)15;3-1-2(4)5/h3-7,15H,8-14H2,1-2H3,(H,22,29);1-5H,6-10H2,(H2,13,16);1-5H,6-11,13H2;1-5,11H,6-9H2;4H,3H2,1-2H3,(H,14,15);1H2,(H2,4,5). The summed E-state index contributed by atoms with van der Waals surface area (Å²) >= 11 is 4.86. The highest BCUT2D eigenvalue weighted by Gasteiger charge is 2.22. The summed E-state index contributed by atoms with van der Waals surface area (Å²) in [5, 5.41) is 15.0. The Morgan fingerprint density at radius 2 is 0.823 bits per heavy atom. The van der Waals surface area contributed by atoms with Crippen molar-refractivity contribution in [1.82, 2.24) is 62.7 Å². The van der Waals surface area contributed by atoms with Crippen molar-refractivity contribution in [3.63, 3.8) is 0 Å². The van der Waals surface area contributed by atoms with E-state index in [1.165, 1.54) is 74.8 Å². The Kier molecular flexibility index (Phi) is 28.8. The topological polar surface area (TPSA) is 337 Å². The molecule has 8 heterocycles. The largest absolute Gasteiger partial charge is 0.480 e. The number of fused-ring (bicyclic) bond motifs is 2. The maximum Gasteiger partial charge on any atom is 0.332 e. The first-order chi connectivity index (χ1) is 46.3. The molecule has 0 spiro atoms. The number of carbonyl (C=O) groups excluding carboxylic acids is 3. The Morgan fingerprint density at radius 3 is 1.17 bits per heavy atom. The maximum absolute atomic E-state index is 12.5. The van der Waals surface area contributed by atoms with Crippen molar-refractivity contribution in [2.45, 2.75) is 13.1 Å². The number of anilines is 4. The van der Waals surface area contributed by atoms with Gasteiger partial charge in [0.1, 0.15) is 19.0 Å². The van der Waals surface area contributed by atoms with E-state index in [1.807, 2.05) is 24.3 Å². The lowest BCUT2D eigenvalue weighted by atomic mass is 10.2. The van der Waals surface area contributed by atoms with E-state index in [4.69, 9.17) is 28.2 Å². The number of amides is 3. The number of hydrogen-bond donors (Lipinski definition) is 6. The third-order valence-electron chi connectivity index (χ3n) is 16.5. The average molecular weight is 1340 g/mol. The first-order valence-corrected chi connectivity index (χ1v) is 32.4. The predicted molar refractivity (Wildman–Crippen MR) is 376 cm³/mol. The molecule has 4 saturated heterocycles. The summed E-state index contributed by atoms with van der Waals surface area (Å²) < 4.78 is 7.15. The van der Waals surface area contributed by atoms with Crippen LogP contribution in [-0.2, 0) is 60.5 Å². The van der Waals surface area contributed by atoms with E-state index >= 15 is 0 Å². The molecule has 0 bridgehead atoms. The molecule has 29 nitrogen and oxygen atoms in total. The number of carbonyl (C=O) groups is 4. The van der Waals surface area contributed by atoms with Gasteiger partial charge in [-0.1, -0.05) is 72.8 Å². The van der Waals surface area contributed by atoms with E-state index < -0.39 is 34.4 Å². The molecule has 12 rings (SSSR count). The summed E-state index contributed by atoms with van der Waals surface area (Å²) in [5.41, 5.74) is 19.3. The van der Waals surface area contributed by atoms with Gasteiger partial charge >= 0.3 is 17.3 Å². The van der Waals surface area contributed by atoms with Crippen LogP contribution in [0.25, 0.3) is 22.3 Å². The number of carboxylic acid groups (broad SMARTS) is 1. The second-order valence-corrected chi connectivity index (χ2v) is 23.4. The molecular formula is C66H91ClN20O9. The molecule has 0 radical (unpaired) electrons. The van der Waals surface area contributed by atoms with Crippen molar-refractivity contribution in [1.29, 1.82) is 0 Å². The molecule has 0 atom stereocenters. The zero-order valence-corrected chi connectivity index (χ0v) is 56.0. The number of halogens is 1. The number of nitrogens with one attached hydrogen (secondary N) is 2. The quantitative estimate of drug-likeness (QED) is 0.0680. The van der Waals surface area contributed by atoms with E-state index in [1.54, 1.807) is 7.05 Å². The van der Waals surface area contributed by atoms with Crippen LogP contribution >= 0.6 is 11.6 Å². The van der Waals surface area contributed by atoms with E-state index in [0.717, 1.165) is 133 Å². The maximum atomic E-state index is 12.5. The molecule has 4 fully saturated rings. The number of piperazine rings is 4. The Labute approximate surface area is 562 Å². The van der Waals surface area contributed by atoms with Gasteiger partial charge in [0.05, 0.1) is 19.2 Å². The fourth-order valence-electron chi connectivity index (χ4n) is 11.2. The van der Waals surface area contributed by atoms with Crippen LogP contribution in [-0.4, -0.2) is 224 Å². The van der Waals surface area contributed by atoms with Gasteiger partial charge in [-0.25, -0.2) is 19.6 Å². The van der Waals surface area contributed by atoms with Gasteiger partial charge in [0.2, 0.25) is 17.7 Å². The molecule has 8 aromatic rings. The highest BCUT2D eigenvalue weighted by Crippen LogP contribution is 2.19. The highest BCUT2D eigenvalue weighted by molar-refractivity contribution is 6.27. The second-order valence-electron chi connectivity index (χ2n) is 23.1. The number of aliphatic carboxylic acids is 1. The van der Waals surface area contributed by atoms with Crippen molar-refractivity contribution in [3.05, 3.63) is 176 Å². The van der Waals surface area contributed by atoms with Crippen LogP contribution in [0.3, 0.4) is 0 Å². The number of benzene rings is 4. The van der Waals surface area contributed by atoms with Crippen molar-refractivity contribution < 1.29 is 24.3 Å². The first-order valence-electron chi connectivity index (χ1n) is 31.9. The van der Waals surface area contributed by atoms with E-state index in [2.05, 4.69) is 158 Å². The van der Waals surface area contributed by atoms with Crippen LogP contribution in [0.15, 0.2) is 153 Å². The molecule has 30 heteroatoms. The fraction of sp³-hybridized carbons (Fsp3) is 0.424. The smallest absolute Gasteiger partial charge is 0.332 e. The third-order valence-corrected chi connectivity index (χ3v) is 16.7. The van der Waals surface area contributed by atoms with E-state index in [9.17, 15) is 38.4 Å². The van der Waals surface area contributed by atoms with Gasteiger partial charge in [0.15, 0.2) is 22.3 Å². The number of imidazole rings is 2. The number of para-hydroxylation sites is 4. The van der Waals surface area contributed by atoms with Crippen LogP contribution < -0.4 is 69.9 Å². The predicted octanol–water partition coefficient (Wildman–Crippen LogP) is -0.242. The number of rotatable bonds is 16. The number of aryl methyl sites for hydroxylation is 2. The average Bonchev–Trinajstić information content (AvgIpc) is 1.57. The molecule has 4 aliphatic rings. The zero-order valence-electron chi connectivity index (χ0n) is 55.2. The number of hydrogen-bond acceptors (Lipinski definition) is 19. The molecule has 9 N–H and O–H groups in total. The molecule has 0 unspecified atom stereocenters. The van der Waals surface area contributed by atoms with Crippen LogP contribution in [0.1, 0.15) is 0 Å². The first kappa shape index (κ1) is 73.8. The summed E-state index contributed by atoms with van der Waals surface area (Å²) in [4.78, 5) is 116. The van der Waals surface area contributed by atoms with Gasteiger partial charge in [0, 0.05) is 182 Å². The summed E-state index contributed by atoms with van der Waals surface area (Å²) in [6, 6.07) is 41.9. The molecule has 4 aromatic heterocycles. The summed E-state index contributed by atoms with van der Waals surface area (Å²) in [6.45, 7) is 19.6. The molecule has 0 saturated carbocycles.